The van der Waals surface area contributed by atoms with Crippen LogP contribution in [-0.2, 0) is 9.53 Å². The molecule has 1 saturated heterocycles. The molecule has 6 heteroatoms. The van der Waals surface area contributed by atoms with Crippen LogP contribution in [0.25, 0.3) is 0 Å². The quantitative estimate of drug-likeness (QED) is 0.805. The molecule has 140 valence electrons. The van der Waals surface area contributed by atoms with Gasteiger partial charge in [-0.1, -0.05) is 31.4 Å². The lowest BCUT2D eigenvalue weighted by Crippen LogP contribution is -2.36. The van der Waals surface area contributed by atoms with Gasteiger partial charge in [0.15, 0.2) is 0 Å². The fourth-order valence-electron chi connectivity index (χ4n) is 3.75. The highest BCUT2D eigenvalue weighted by Gasteiger charge is 2.33. The molecule has 1 saturated carbocycles. The highest BCUT2D eigenvalue weighted by molar-refractivity contribution is 5.92. The average molecular weight is 369 g/mol. The molecule has 1 unspecified atom stereocenters. The normalized spacial score (nSPS) is 22.0. The molecular formula is C19H29ClN2O3. The maximum absolute atomic E-state index is 12.6. The monoisotopic (exact) mass is 368 g/mol. The highest BCUT2D eigenvalue weighted by atomic mass is 35.5. The van der Waals surface area contributed by atoms with Gasteiger partial charge in [0, 0.05) is 12.8 Å². The summed E-state index contributed by atoms with van der Waals surface area (Å²) in [5, 5.41) is 3.03. The fraction of sp³-hybridized carbons (Fsp3) is 0.632. The molecule has 1 aromatic carbocycles. The Kier molecular flexibility index (Phi) is 7.54. The van der Waals surface area contributed by atoms with E-state index in [2.05, 4.69) is 5.32 Å². The van der Waals surface area contributed by atoms with Crippen LogP contribution in [0.4, 0.5) is 5.69 Å². The van der Waals surface area contributed by atoms with Gasteiger partial charge in [0.05, 0.1) is 18.9 Å². The van der Waals surface area contributed by atoms with Crippen LogP contribution in [0.1, 0.15) is 44.9 Å². The smallest absolute Gasteiger partial charge is 0.225 e. The van der Waals surface area contributed by atoms with Crippen molar-refractivity contribution in [3.8, 4) is 5.75 Å². The molecule has 0 aromatic heterocycles. The molecule has 1 aliphatic carbocycles. The van der Waals surface area contributed by atoms with Crippen molar-refractivity contribution < 1.29 is 14.3 Å². The maximum Gasteiger partial charge on any atom is 0.225 e. The minimum atomic E-state index is -0.0303. The van der Waals surface area contributed by atoms with Gasteiger partial charge in [0.1, 0.15) is 11.9 Å². The Morgan fingerprint density at radius 1 is 1.28 bits per heavy atom. The molecule has 1 amide bonds. The van der Waals surface area contributed by atoms with Gasteiger partial charge in [-0.2, -0.15) is 0 Å². The largest absolute Gasteiger partial charge is 0.486 e. The Morgan fingerprint density at radius 3 is 2.72 bits per heavy atom. The van der Waals surface area contributed by atoms with E-state index in [-0.39, 0.29) is 29.8 Å². The lowest BCUT2D eigenvalue weighted by molar-refractivity contribution is -0.118. The summed E-state index contributed by atoms with van der Waals surface area (Å²) in [5.74, 6) is 0.743. The molecule has 2 aliphatic rings. The van der Waals surface area contributed by atoms with Crippen molar-refractivity contribution in [3.63, 3.8) is 0 Å². The number of nitrogens with one attached hydrogen (secondary N) is 1. The third kappa shape index (κ3) is 5.33. The van der Waals surface area contributed by atoms with Crippen molar-refractivity contribution in [1.82, 2.24) is 0 Å². The minimum Gasteiger partial charge on any atom is -0.486 e. The number of carbonyl (C=O) groups excluding carboxylic acids is 1. The van der Waals surface area contributed by atoms with Crippen LogP contribution in [-0.4, -0.2) is 31.8 Å². The Bertz CT molecular complexity index is 555. The van der Waals surface area contributed by atoms with E-state index in [9.17, 15) is 4.79 Å². The lowest BCUT2D eigenvalue weighted by Gasteiger charge is -2.35. The number of halogens is 1. The van der Waals surface area contributed by atoms with Crippen LogP contribution in [0, 0.1) is 5.41 Å². The first-order valence-electron chi connectivity index (χ1n) is 9.04. The maximum atomic E-state index is 12.6. The number of rotatable bonds is 6. The molecule has 1 aliphatic heterocycles. The van der Waals surface area contributed by atoms with E-state index in [0.29, 0.717) is 25.3 Å². The Balaban J connectivity index is 0.00000225. The van der Waals surface area contributed by atoms with Crippen LogP contribution in [0.3, 0.4) is 0 Å². The second-order valence-electron chi connectivity index (χ2n) is 7.09. The van der Waals surface area contributed by atoms with E-state index in [4.69, 9.17) is 15.2 Å². The fourth-order valence-corrected chi connectivity index (χ4v) is 3.75. The topological polar surface area (TPSA) is 73.6 Å². The van der Waals surface area contributed by atoms with Crippen molar-refractivity contribution in [2.24, 2.45) is 11.1 Å². The van der Waals surface area contributed by atoms with Crippen molar-refractivity contribution >= 4 is 24.0 Å². The SMILES string of the molecule is Cl.NCC1(CC(=O)Nc2ccccc2OC2CCOC2)CCCCC1. The molecule has 2 fully saturated rings. The zero-order valence-corrected chi connectivity index (χ0v) is 15.5. The van der Waals surface area contributed by atoms with Gasteiger partial charge in [-0.05, 0) is 36.9 Å². The molecule has 1 heterocycles. The molecule has 1 aromatic rings. The summed E-state index contributed by atoms with van der Waals surface area (Å²) in [6.07, 6.45) is 7.14. The van der Waals surface area contributed by atoms with Crippen molar-refractivity contribution in [2.45, 2.75) is 51.0 Å². The van der Waals surface area contributed by atoms with Gasteiger partial charge in [-0.3, -0.25) is 4.79 Å². The summed E-state index contributed by atoms with van der Waals surface area (Å²) < 4.78 is 11.3. The number of ether oxygens (including phenoxy) is 2. The zero-order chi connectivity index (χ0) is 16.8. The second kappa shape index (κ2) is 9.41. The first-order valence-corrected chi connectivity index (χ1v) is 9.04. The standard InChI is InChI=1S/C19H28N2O3.ClH/c20-14-19(9-4-1-5-10-19)12-18(22)21-16-6-2-3-7-17(16)24-15-8-11-23-13-15;/h2-3,6-7,15H,1,4-5,8-14,20H2,(H,21,22);1H. The van der Waals surface area contributed by atoms with Crippen LogP contribution in [0.2, 0.25) is 0 Å². The number of amides is 1. The zero-order valence-electron chi connectivity index (χ0n) is 14.7. The number of benzene rings is 1. The number of nitrogens with two attached hydrogens (primary N) is 1. The Hall–Kier alpha value is -1.30. The van der Waals surface area contributed by atoms with Gasteiger partial charge >= 0.3 is 0 Å². The van der Waals surface area contributed by atoms with Gasteiger partial charge in [0.2, 0.25) is 5.91 Å². The predicted molar refractivity (Wildman–Crippen MR) is 101 cm³/mol. The Labute approximate surface area is 156 Å². The summed E-state index contributed by atoms with van der Waals surface area (Å²) in [4.78, 5) is 12.6. The molecule has 5 nitrogen and oxygen atoms in total. The van der Waals surface area contributed by atoms with Gasteiger partial charge in [-0.15, -0.1) is 12.4 Å². The van der Waals surface area contributed by atoms with Crippen LogP contribution >= 0.6 is 12.4 Å². The number of anilines is 1. The first kappa shape index (κ1) is 20.0. The van der Waals surface area contributed by atoms with Crippen molar-refractivity contribution in [3.05, 3.63) is 24.3 Å². The molecule has 0 spiro atoms. The molecule has 3 rings (SSSR count). The van der Waals surface area contributed by atoms with E-state index in [1.807, 2.05) is 24.3 Å². The third-order valence-corrected chi connectivity index (χ3v) is 5.23. The van der Waals surface area contributed by atoms with Gasteiger partial charge < -0.3 is 20.5 Å². The average Bonchev–Trinajstić information content (AvgIpc) is 3.10. The summed E-state index contributed by atoms with van der Waals surface area (Å²) in [6.45, 7) is 1.93. The van der Waals surface area contributed by atoms with Crippen molar-refractivity contribution in [1.29, 1.82) is 0 Å². The second-order valence-corrected chi connectivity index (χ2v) is 7.09. The molecular weight excluding hydrogens is 340 g/mol. The van der Waals surface area contributed by atoms with E-state index in [1.54, 1.807) is 0 Å². The number of hydrogen-bond donors (Lipinski definition) is 2. The predicted octanol–water partition coefficient (Wildman–Crippen LogP) is 3.51. The van der Waals surface area contributed by atoms with E-state index in [1.165, 1.54) is 19.3 Å². The first-order chi connectivity index (χ1) is 11.7. The van der Waals surface area contributed by atoms with E-state index >= 15 is 0 Å². The number of hydrogen-bond acceptors (Lipinski definition) is 4. The molecule has 25 heavy (non-hydrogen) atoms. The molecule has 0 bridgehead atoms. The Morgan fingerprint density at radius 2 is 2.04 bits per heavy atom. The summed E-state index contributed by atoms with van der Waals surface area (Å²) in [6, 6.07) is 7.61. The molecule has 1 atom stereocenters. The summed E-state index contributed by atoms with van der Waals surface area (Å²) in [7, 11) is 0. The van der Waals surface area contributed by atoms with Crippen LogP contribution in [0.5, 0.6) is 5.75 Å². The van der Waals surface area contributed by atoms with Crippen LogP contribution in [0.15, 0.2) is 24.3 Å². The number of carbonyl (C=O) groups is 1. The minimum absolute atomic E-state index is 0. The molecule has 0 radical (unpaired) electrons. The summed E-state index contributed by atoms with van der Waals surface area (Å²) >= 11 is 0. The number of para-hydroxylation sites is 2. The van der Waals surface area contributed by atoms with Crippen LogP contribution < -0.4 is 15.8 Å². The van der Waals surface area contributed by atoms with E-state index in [0.717, 1.165) is 31.6 Å². The van der Waals surface area contributed by atoms with E-state index < -0.39 is 0 Å². The van der Waals surface area contributed by atoms with Gasteiger partial charge in [-0.25, -0.2) is 0 Å². The van der Waals surface area contributed by atoms with Gasteiger partial charge in [0.25, 0.3) is 0 Å². The molecule has 3 N–H and O–H groups in total. The lowest BCUT2D eigenvalue weighted by atomic mass is 9.71. The summed E-state index contributed by atoms with van der Waals surface area (Å²) in [5.41, 5.74) is 6.70. The highest BCUT2D eigenvalue weighted by Crippen LogP contribution is 2.39. The van der Waals surface area contributed by atoms with Crippen molar-refractivity contribution in [2.75, 3.05) is 25.1 Å². The third-order valence-electron chi connectivity index (χ3n) is 5.23.